The Kier molecular flexibility index (Phi) is 3.32. The van der Waals surface area contributed by atoms with Crippen molar-refractivity contribution in [1.29, 1.82) is 0 Å². The Morgan fingerprint density at radius 1 is 1.24 bits per heavy atom. The highest BCUT2D eigenvalue weighted by Crippen LogP contribution is 2.24. The first kappa shape index (κ1) is 11.5. The van der Waals surface area contributed by atoms with Gasteiger partial charge in [-0.2, -0.15) is 0 Å². The molecule has 1 aromatic heterocycles. The number of hydrogen-bond acceptors (Lipinski definition) is 4. The lowest BCUT2D eigenvalue weighted by Gasteiger charge is -2.09. The van der Waals surface area contributed by atoms with Crippen LogP contribution < -0.4 is 5.73 Å². The summed E-state index contributed by atoms with van der Waals surface area (Å²) in [7, 11) is 0. The molecule has 0 fully saturated rings. The molecule has 1 aromatic carbocycles. The molecule has 4 heteroatoms. The monoisotopic (exact) mass is 228 g/mol. The minimum atomic E-state index is 0.413. The van der Waals surface area contributed by atoms with E-state index in [1.807, 2.05) is 12.1 Å². The molecule has 0 saturated heterocycles. The maximum atomic E-state index is 5.76. The van der Waals surface area contributed by atoms with Crippen LogP contribution in [0.25, 0.3) is 11.3 Å². The summed E-state index contributed by atoms with van der Waals surface area (Å²) in [6.45, 7) is 4.40. The third-order valence-electron chi connectivity index (χ3n) is 3.01. The van der Waals surface area contributed by atoms with Crippen molar-refractivity contribution in [3.63, 3.8) is 0 Å². The lowest BCUT2D eigenvalue weighted by molar-refractivity contribution is 0.734. The number of anilines is 1. The summed E-state index contributed by atoms with van der Waals surface area (Å²) in [6.07, 6.45) is 2.49. The van der Waals surface area contributed by atoms with E-state index < -0.39 is 0 Å². The van der Waals surface area contributed by atoms with Crippen LogP contribution in [-0.2, 0) is 0 Å². The van der Waals surface area contributed by atoms with Gasteiger partial charge in [-0.05, 0) is 17.9 Å². The van der Waals surface area contributed by atoms with Gasteiger partial charge in [-0.25, -0.2) is 4.98 Å². The van der Waals surface area contributed by atoms with Crippen LogP contribution in [0.4, 0.5) is 5.82 Å². The third kappa shape index (κ3) is 2.41. The van der Waals surface area contributed by atoms with E-state index in [4.69, 9.17) is 5.73 Å². The number of hydrogen-bond donors (Lipinski definition) is 1. The molecular formula is C13H16N4. The number of rotatable bonds is 3. The first-order chi connectivity index (χ1) is 8.22. The van der Waals surface area contributed by atoms with Crippen molar-refractivity contribution in [3.05, 3.63) is 36.2 Å². The van der Waals surface area contributed by atoms with Crippen LogP contribution in [0.5, 0.6) is 0 Å². The number of nitrogen functional groups attached to an aromatic ring is 1. The van der Waals surface area contributed by atoms with Gasteiger partial charge in [0.15, 0.2) is 5.82 Å². The zero-order valence-electron chi connectivity index (χ0n) is 10.1. The summed E-state index contributed by atoms with van der Waals surface area (Å²) in [5.41, 5.74) is 8.68. The van der Waals surface area contributed by atoms with Crippen molar-refractivity contribution in [2.45, 2.75) is 26.2 Å². The number of nitrogens with two attached hydrogens (primary N) is 1. The maximum absolute atomic E-state index is 5.76. The molecule has 0 aliphatic heterocycles. The summed E-state index contributed by atoms with van der Waals surface area (Å²) >= 11 is 0. The average molecular weight is 228 g/mol. The predicted octanol–water partition coefficient (Wildman–Crippen LogP) is 2.63. The topological polar surface area (TPSA) is 64.7 Å². The summed E-state index contributed by atoms with van der Waals surface area (Å²) < 4.78 is 0. The summed E-state index contributed by atoms with van der Waals surface area (Å²) in [4.78, 5) is 3.93. The van der Waals surface area contributed by atoms with Crippen LogP contribution in [0.3, 0.4) is 0 Å². The second-order valence-corrected chi connectivity index (χ2v) is 4.13. The van der Waals surface area contributed by atoms with E-state index in [9.17, 15) is 0 Å². The molecule has 2 rings (SSSR count). The first-order valence-electron chi connectivity index (χ1n) is 5.76. The third-order valence-corrected chi connectivity index (χ3v) is 3.01. The van der Waals surface area contributed by atoms with Crippen LogP contribution in [0.15, 0.2) is 30.6 Å². The van der Waals surface area contributed by atoms with Gasteiger partial charge in [0, 0.05) is 5.56 Å². The van der Waals surface area contributed by atoms with Crippen LogP contribution in [0, 0.1) is 0 Å². The summed E-state index contributed by atoms with van der Waals surface area (Å²) in [5, 5.41) is 7.76. The van der Waals surface area contributed by atoms with Gasteiger partial charge >= 0.3 is 0 Å². The lowest BCUT2D eigenvalue weighted by atomic mass is 9.97. The Morgan fingerprint density at radius 2 is 1.94 bits per heavy atom. The minimum Gasteiger partial charge on any atom is -0.382 e. The molecule has 0 radical (unpaired) electrons. The fourth-order valence-corrected chi connectivity index (χ4v) is 1.69. The summed E-state index contributed by atoms with van der Waals surface area (Å²) in [6, 6.07) is 8.25. The van der Waals surface area contributed by atoms with Crippen molar-refractivity contribution < 1.29 is 0 Å². The molecular weight excluding hydrogens is 212 g/mol. The molecule has 2 N–H and O–H groups in total. The van der Waals surface area contributed by atoms with Gasteiger partial charge < -0.3 is 5.73 Å². The molecule has 2 aromatic rings. The second kappa shape index (κ2) is 4.91. The lowest BCUT2D eigenvalue weighted by Crippen LogP contribution is -1.98. The maximum Gasteiger partial charge on any atom is 0.153 e. The van der Waals surface area contributed by atoms with Gasteiger partial charge in [0.05, 0.1) is 0 Å². The highest BCUT2D eigenvalue weighted by molar-refractivity contribution is 5.68. The van der Waals surface area contributed by atoms with Gasteiger partial charge in [0.2, 0.25) is 0 Å². The van der Waals surface area contributed by atoms with Crippen molar-refractivity contribution in [2.24, 2.45) is 0 Å². The number of nitrogens with zero attached hydrogens (tertiary/aromatic N) is 3. The van der Waals surface area contributed by atoms with Gasteiger partial charge in [-0.15, -0.1) is 10.2 Å². The average Bonchev–Trinajstić information content (AvgIpc) is 2.39. The normalized spacial score (nSPS) is 12.4. The van der Waals surface area contributed by atoms with E-state index in [0.717, 1.165) is 12.0 Å². The van der Waals surface area contributed by atoms with Gasteiger partial charge in [-0.1, -0.05) is 38.1 Å². The van der Waals surface area contributed by atoms with Gasteiger partial charge in [0.25, 0.3) is 0 Å². The predicted molar refractivity (Wildman–Crippen MR) is 68.4 cm³/mol. The Morgan fingerprint density at radius 3 is 2.53 bits per heavy atom. The molecule has 0 aliphatic carbocycles. The number of benzene rings is 1. The fourth-order valence-electron chi connectivity index (χ4n) is 1.69. The Labute approximate surface area is 101 Å². The molecule has 88 valence electrons. The van der Waals surface area contributed by atoms with E-state index in [1.165, 1.54) is 11.9 Å². The van der Waals surface area contributed by atoms with Crippen molar-refractivity contribution in [2.75, 3.05) is 5.73 Å². The van der Waals surface area contributed by atoms with Gasteiger partial charge in [0.1, 0.15) is 12.0 Å². The molecule has 1 heterocycles. The SMILES string of the molecule is CCC(C)c1ccc(-c2nncnc2N)cc1. The highest BCUT2D eigenvalue weighted by Gasteiger charge is 2.07. The van der Waals surface area contributed by atoms with E-state index in [-0.39, 0.29) is 0 Å². The molecule has 0 bridgehead atoms. The van der Waals surface area contributed by atoms with Crippen LogP contribution in [0.2, 0.25) is 0 Å². The Balaban J connectivity index is 2.33. The molecule has 0 amide bonds. The van der Waals surface area contributed by atoms with Gasteiger partial charge in [-0.3, -0.25) is 0 Å². The van der Waals surface area contributed by atoms with Crippen molar-refractivity contribution in [3.8, 4) is 11.3 Å². The highest BCUT2D eigenvalue weighted by atomic mass is 15.1. The quantitative estimate of drug-likeness (QED) is 0.877. The van der Waals surface area contributed by atoms with E-state index >= 15 is 0 Å². The van der Waals surface area contributed by atoms with Crippen molar-refractivity contribution >= 4 is 5.82 Å². The van der Waals surface area contributed by atoms with Crippen LogP contribution >= 0.6 is 0 Å². The second-order valence-electron chi connectivity index (χ2n) is 4.13. The summed E-state index contributed by atoms with van der Waals surface area (Å²) in [5.74, 6) is 0.984. The largest absolute Gasteiger partial charge is 0.382 e. The van der Waals surface area contributed by atoms with E-state index in [0.29, 0.717) is 17.4 Å². The molecule has 0 saturated carbocycles. The Bertz CT molecular complexity index is 493. The molecule has 1 unspecified atom stereocenters. The fraction of sp³-hybridized carbons (Fsp3) is 0.308. The molecule has 1 atom stereocenters. The standard InChI is InChI=1S/C13H16N4/c1-3-9(2)10-4-6-11(7-5-10)12-13(14)15-8-16-17-12/h4-9H,3H2,1-2H3,(H2,14,15,16). The smallest absolute Gasteiger partial charge is 0.153 e. The van der Waals surface area contributed by atoms with Crippen molar-refractivity contribution in [1.82, 2.24) is 15.2 Å². The van der Waals surface area contributed by atoms with Crippen LogP contribution in [0.1, 0.15) is 31.7 Å². The molecule has 0 spiro atoms. The molecule has 0 aliphatic rings. The zero-order chi connectivity index (χ0) is 12.3. The van der Waals surface area contributed by atoms with E-state index in [2.05, 4.69) is 41.2 Å². The Hall–Kier alpha value is -1.97. The number of aromatic nitrogens is 3. The minimum absolute atomic E-state index is 0.413. The zero-order valence-corrected chi connectivity index (χ0v) is 10.1. The van der Waals surface area contributed by atoms with Crippen LogP contribution in [-0.4, -0.2) is 15.2 Å². The van der Waals surface area contributed by atoms with E-state index in [1.54, 1.807) is 0 Å². The first-order valence-corrected chi connectivity index (χ1v) is 5.76. The molecule has 4 nitrogen and oxygen atoms in total. The molecule has 17 heavy (non-hydrogen) atoms.